The largest absolute Gasteiger partial charge is 0.368 e. The normalized spacial score (nSPS) is 18.1. The molecule has 1 aromatic carbocycles. The fourth-order valence-corrected chi connectivity index (χ4v) is 2.60. The highest BCUT2D eigenvalue weighted by Gasteiger charge is 2.31. The van der Waals surface area contributed by atoms with E-state index in [1.54, 1.807) is 11.0 Å². The number of benzene rings is 1. The summed E-state index contributed by atoms with van der Waals surface area (Å²) in [5, 5.41) is 5.07. The van der Waals surface area contributed by atoms with Gasteiger partial charge in [0.05, 0.1) is 24.0 Å². The van der Waals surface area contributed by atoms with Crippen molar-refractivity contribution in [1.82, 2.24) is 15.5 Å². The molecule has 0 aromatic heterocycles. The van der Waals surface area contributed by atoms with Gasteiger partial charge in [0.1, 0.15) is 5.82 Å². The van der Waals surface area contributed by atoms with Gasteiger partial charge < -0.3 is 16.4 Å². The van der Waals surface area contributed by atoms with Crippen molar-refractivity contribution in [2.75, 3.05) is 19.6 Å². The number of hydrogen-bond acceptors (Lipinski definition) is 4. The highest BCUT2D eigenvalue weighted by atomic mass is 35.5. The third kappa shape index (κ3) is 4.90. The van der Waals surface area contributed by atoms with E-state index in [1.807, 2.05) is 0 Å². The van der Waals surface area contributed by atoms with Crippen LogP contribution in [-0.2, 0) is 20.9 Å². The van der Waals surface area contributed by atoms with E-state index in [1.165, 1.54) is 12.1 Å². The monoisotopic (exact) mass is 356 g/mol. The molecule has 0 aliphatic carbocycles. The van der Waals surface area contributed by atoms with Gasteiger partial charge in [-0.15, -0.1) is 0 Å². The van der Waals surface area contributed by atoms with E-state index in [-0.39, 0.29) is 23.9 Å². The van der Waals surface area contributed by atoms with Crippen LogP contribution in [0.2, 0.25) is 5.02 Å². The molecule has 2 rings (SSSR count). The molecule has 1 unspecified atom stereocenters. The molecular weight excluding hydrogens is 339 g/mol. The van der Waals surface area contributed by atoms with Crippen LogP contribution in [0, 0.1) is 5.82 Å². The van der Waals surface area contributed by atoms with Gasteiger partial charge in [-0.25, -0.2) is 4.39 Å². The average Bonchev–Trinajstić information content (AvgIpc) is 2.52. The summed E-state index contributed by atoms with van der Waals surface area (Å²) in [7, 11) is 0. The maximum absolute atomic E-state index is 13.6. The van der Waals surface area contributed by atoms with Crippen molar-refractivity contribution in [3.8, 4) is 0 Å². The van der Waals surface area contributed by atoms with Crippen molar-refractivity contribution in [3.05, 3.63) is 34.6 Å². The van der Waals surface area contributed by atoms with E-state index in [2.05, 4.69) is 10.6 Å². The Morgan fingerprint density at radius 3 is 2.88 bits per heavy atom. The van der Waals surface area contributed by atoms with Crippen molar-refractivity contribution in [3.63, 3.8) is 0 Å². The summed E-state index contributed by atoms with van der Waals surface area (Å²) >= 11 is 5.66. The molecule has 1 heterocycles. The second kappa shape index (κ2) is 8.07. The molecule has 1 aliphatic rings. The quantitative estimate of drug-likeness (QED) is 0.655. The van der Waals surface area contributed by atoms with Crippen molar-refractivity contribution in [1.29, 1.82) is 0 Å². The summed E-state index contributed by atoms with van der Waals surface area (Å²) in [6.45, 7) is 0.975. The zero-order valence-electron chi connectivity index (χ0n) is 12.9. The minimum absolute atomic E-state index is 0.0255. The number of carbonyl (C=O) groups is 3. The highest BCUT2D eigenvalue weighted by Crippen LogP contribution is 2.19. The average molecular weight is 357 g/mol. The number of carbonyl (C=O) groups excluding carboxylic acids is 3. The fraction of sp³-hybridized carbons (Fsp3) is 0.400. The Morgan fingerprint density at radius 2 is 2.21 bits per heavy atom. The van der Waals surface area contributed by atoms with Crippen LogP contribution < -0.4 is 16.4 Å². The molecule has 1 aromatic rings. The van der Waals surface area contributed by atoms with Gasteiger partial charge in [-0.1, -0.05) is 17.7 Å². The van der Waals surface area contributed by atoms with Gasteiger partial charge in [-0.3, -0.25) is 19.3 Å². The SMILES string of the molecule is NC(=O)CNC(=O)CC1C(=O)NCCN1Cc1ccc(Cl)c(F)c1. The molecule has 0 saturated carbocycles. The molecule has 1 saturated heterocycles. The second-order valence-corrected chi connectivity index (χ2v) is 5.88. The number of primary amides is 1. The molecule has 1 atom stereocenters. The lowest BCUT2D eigenvalue weighted by atomic mass is 10.1. The van der Waals surface area contributed by atoms with Gasteiger partial charge in [0.25, 0.3) is 0 Å². The van der Waals surface area contributed by atoms with Crippen LogP contribution in [-0.4, -0.2) is 48.3 Å². The van der Waals surface area contributed by atoms with Crippen LogP contribution in [0.15, 0.2) is 18.2 Å². The lowest BCUT2D eigenvalue weighted by Crippen LogP contribution is -2.56. The highest BCUT2D eigenvalue weighted by molar-refractivity contribution is 6.30. The molecule has 1 fully saturated rings. The van der Waals surface area contributed by atoms with Gasteiger partial charge in [0, 0.05) is 19.6 Å². The number of nitrogens with zero attached hydrogens (tertiary/aromatic N) is 1. The Labute approximate surface area is 143 Å². The predicted octanol–water partition coefficient (Wildman–Crippen LogP) is -0.229. The second-order valence-electron chi connectivity index (χ2n) is 5.47. The number of piperazine rings is 1. The van der Waals surface area contributed by atoms with E-state index in [4.69, 9.17) is 17.3 Å². The number of rotatable bonds is 6. The minimum atomic E-state index is -0.703. The maximum Gasteiger partial charge on any atom is 0.237 e. The fourth-order valence-electron chi connectivity index (χ4n) is 2.48. The first-order valence-electron chi connectivity index (χ1n) is 7.37. The minimum Gasteiger partial charge on any atom is -0.368 e. The first-order valence-corrected chi connectivity index (χ1v) is 7.75. The molecule has 0 radical (unpaired) electrons. The summed E-state index contributed by atoms with van der Waals surface area (Å²) in [6.07, 6.45) is -0.116. The molecule has 9 heteroatoms. The number of amides is 3. The molecule has 130 valence electrons. The molecule has 0 spiro atoms. The summed E-state index contributed by atoms with van der Waals surface area (Å²) in [5.74, 6) is -1.94. The maximum atomic E-state index is 13.6. The van der Waals surface area contributed by atoms with Crippen molar-refractivity contribution in [2.45, 2.75) is 19.0 Å². The standard InChI is InChI=1S/C15H18ClFN4O3/c16-10-2-1-9(5-11(10)17)8-21-4-3-19-15(24)12(21)6-14(23)20-7-13(18)22/h1-2,5,12H,3-4,6-8H2,(H2,18,22)(H,19,24)(H,20,23). The van der Waals surface area contributed by atoms with Crippen LogP contribution >= 0.6 is 11.6 Å². The Bertz CT molecular complexity index is 656. The van der Waals surface area contributed by atoms with E-state index < -0.39 is 23.7 Å². The molecule has 7 nitrogen and oxygen atoms in total. The van der Waals surface area contributed by atoms with Crippen molar-refractivity contribution >= 4 is 29.3 Å². The summed E-state index contributed by atoms with van der Waals surface area (Å²) in [6, 6.07) is 3.72. The first kappa shape index (κ1) is 18.2. The molecule has 24 heavy (non-hydrogen) atoms. The Morgan fingerprint density at radius 1 is 1.46 bits per heavy atom. The van der Waals surface area contributed by atoms with Gasteiger partial charge in [-0.2, -0.15) is 0 Å². The number of nitrogens with two attached hydrogens (primary N) is 1. The van der Waals surface area contributed by atoms with Gasteiger partial charge >= 0.3 is 0 Å². The molecule has 4 N–H and O–H groups in total. The first-order chi connectivity index (χ1) is 11.4. The van der Waals surface area contributed by atoms with Crippen LogP contribution in [0.3, 0.4) is 0 Å². The van der Waals surface area contributed by atoms with E-state index in [9.17, 15) is 18.8 Å². The van der Waals surface area contributed by atoms with Crippen LogP contribution in [0.4, 0.5) is 4.39 Å². The van der Waals surface area contributed by atoms with Crippen molar-refractivity contribution in [2.24, 2.45) is 5.73 Å². The van der Waals surface area contributed by atoms with E-state index in [0.717, 1.165) is 0 Å². The summed E-state index contributed by atoms with van der Waals surface area (Å²) < 4.78 is 13.6. The zero-order chi connectivity index (χ0) is 17.7. The van der Waals surface area contributed by atoms with E-state index >= 15 is 0 Å². The lowest BCUT2D eigenvalue weighted by molar-refractivity contribution is -0.134. The van der Waals surface area contributed by atoms with Gasteiger partial charge in [-0.05, 0) is 17.7 Å². The smallest absolute Gasteiger partial charge is 0.237 e. The van der Waals surface area contributed by atoms with Crippen LogP contribution in [0.5, 0.6) is 0 Å². The molecule has 3 amide bonds. The van der Waals surface area contributed by atoms with Gasteiger partial charge in [0.2, 0.25) is 17.7 Å². The summed E-state index contributed by atoms with van der Waals surface area (Å²) in [4.78, 5) is 36.4. The lowest BCUT2D eigenvalue weighted by Gasteiger charge is -2.34. The Hall–Kier alpha value is -2.19. The third-order valence-electron chi connectivity index (χ3n) is 3.65. The van der Waals surface area contributed by atoms with Crippen LogP contribution in [0.25, 0.3) is 0 Å². The molecule has 1 aliphatic heterocycles. The zero-order valence-corrected chi connectivity index (χ0v) is 13.6. The third-order valence-corrected chi connectivity index (χ3v) is 3.96. The van der Waals surface area contributed by atoms with Crippen molar-refractivity contribution < 1.29 is 18.8 Å². The predicted molar refractivity (Wildman–Crippen MR) is 85.4 cm³/mol. The molecule has 0 bridgehead atoms. The summed E-state index contributed by atoms with van der Waals surface area (Å²) in [5.41, 5.74) is 5.61. The molecular formula is C15H18ClFN4O3. The number of nitrogens with one attached hydrogen (secondary N) is 2. The Kier molecular flexibility index (Phi) is 6.10. The Balaban J connectivity index is 2.04. The topological polar surface area (TPSA) is 105 Å². The van der Waals surface area contributed by atoms with Gasteiger partial charge in [0.15, 0.2) is 0 Å². The number of halogens is 2. The van der Waals surface area contributed by atoms with E-state index in [0.29, 0.717) is 25.2 Å². The number of hydrogen-bond donors (Lipinski definition) is 3. The van der Waals surface area contributed by atoms with Crippen LogP contribution in [0.1, 0.15) is 12.0 Å².